The van der Waals surface area contributed by atoms with E-state index in [1.807, 2.05) is 0 Å². The molecule has 3 aromatic carbocycles. The highest BCUT2D eigenvalue weighted by Gasteiger charge is 2.17. The average Bonchev–Trinajstić information content (AvgIpc) is 2.69. The smallest absolute Gasteiger partial charge is 0.265 e. The first-order chi connectivity index (χ1) is 14.6. The van der Waals surface area contributed by atoms with E-state index < -0.39 is 27.9 Å². The Bertz CT molecular complexity index is 1170. The van der Waals surface area contributed by atoms with Crippen LogP contribution in [0.1, 0.15) is 6.92 Å². The number of ether oxygens (including phenoxy) is 1. The van der Waals surface area contributed by atoms with Crippen molar-refractivity contribution in [3.8, 4) is 5.75 Å². The van der Waals surface area contributed by atoms with E-state index in [4.69, 9.17) is 27.9 Å². The fourth-order valence-electron chi connectivity index (χ4n) is 2.56. The summed E-state index contributed by atoms with van der Waals surface area (Å²) in [6.07, 6.45) is -0.858. The SMILES string of the molecule is CC(Oc1ccc(F)cc1)C(=O)Nc1ccc(S(=O)(=O)Nc2cc(Cl)cc(Cl)c2)cc1. The average molecular weight is 483 g/mol. The summed E-state index contributed by atoms with van der Waals surface area (Å²) in [5.41, 5.74) is 0.603. The summed E-state index contributed by atoms with van der Waals surface area (Å²) >= 11 is 11.8. The standard InChI is InChI=1S/C21H17Cl2FN2O4S/c1-13(30-19-6-2-16(24)3-7-19)21(27)25-17-4-8-20(9-5-17)31(28,29)26-18-11-14(22)10-15(23)12-18/h2-13,26H,1H3,(H,25,27). The molecular weight excluding hydrogens is 466 g/mol. The second kappa shape index (κ2) is 9.55. The van der Waals surface area contributed by atoms with Crippen molar-refractivity contribution in [1.82, 2.24) is 0 Å². The summed E-state index contributed by atoms with van der Waals surface area (Å²) in [6, 6.07) is 15.2. The Hall–Kier alpha value is -2.81. The molecule has 0 saturated heterocycles. The Morgan fingerprint density at radius 3 is 2.10 bits per heavy atom. The van der Waals surface area contributed by atoms with E-state index in [0.29, 0.717) is 21.5 Å². The lowest BCUT2D eigenvalue weighted by Gasteiger charge is -2.15. The molecule has 162 valence electrons. The lowest BCUT2D eigenvalue weighted by atomic mass is 10.3. The molecule has 3 aromatic rings. The van der Waals surface area contributed by atoms with Crippen LogP contribution in [0.5, 0.6) is 5.75 Å². The number of rotatable bonds is 7. The van der Waals surface area contributed by atoms with Gasteiger partial charge in [0, 0.05) is 15.7 Å². The number of amides is 1. The molecule has 0 heterocycles. The Labute approximate surface area is 189 Å². The molecule has 0 bridgehead atoms. The fraction of sp³-hybridized carbons (Fsp3) is 0.0952. The lowest BCUT2D eigenvalue weighted by molar-refractivity contribution is -0.122. The third-order valence-corrected chi connectivity index (χ3v) is 5.88. The summed E-state index contributed by atoms with van der Waals surface area (Å²) in [7, 11) is -3.89. The lowest BCUT2D eigenvalue weighted by Crippen LogP contribution is -2.30. The first kappa shape index (κ1) is 22.9. The number of sulfonamides is 1. The zero-order chi connectivity index (χ0) is 22.6. The molecular formula is C21H17Cl2FN2O4S. The monoisotopic (exact) mass is 482 g/mol. The molecule has 0 aliphatic carbocycles. The van der Waals surface area contributed by atoms with E-state index in [0.717, 1.165) is 0 Å². The van der Waals surface area contributed by atoms with Gasteiger partial charge >= 0.3 is 0 Å². The van der Waals surface area contributed by atoms with Gasteiger partial charge in [0.25, 0.3) is 15.9 Å². The van der Waals surface area contributed by atoms with Gasteiger partial charge in [-0.3, -0.25) is 9.52 Å². The van der Waals surface area contributed by atoms with Crippen LogP contribution in [0, 0.1) is 5.82 Å². The highest BCUT2D eigenvalue weighted by atomic mass is 35.5. The van der Waals surface area contributed by atoms with Crippen molar-refractivity contribution in [2.24, 2.45) is 0 Å². The Morgan fingerprint density at radius 1 is 0.935 bits per heavy atom. The van der Waals surface area contributed by atoms with E-state index in [-0.39, 0.29) is 10.6 Å². The second-order valence-electron chi connectivity index (χ2n) is 6.49. The quantitative estimate of drug-likeness (QED) is 0.475. The van der Waals surface area contributed by atoms with Gasteiger partial charge in [0.1, 0.15) is 11.6 Å². The summed E-state index contributed by atoms with van der Waals surface area (Å²) in [6.45, 7) is 1.54. The summed E-state index contributed by atoms with van der Waals surface area (Å²) < 4.78 is 45.9. The van der Waals surface area contributed by atoms with Gasteiger partial charge in [0.05, 0.1) is 10.6 Å². The van der Waals surface area contributed by atoms with Crippen molar-refractivity contribution in [2.45, 2.75) is 17.9 Å². The van der Waals surface area contributed by atoms with Gasteiger partial charge < -0.3 is 10.1 Å². The first-order valence-electron chi connectivity index (χ1n) is 8.94. The van der Waals surface area contributed by atoms with E-state index in [2.05, 4.69) is 10.0 Å². The highest BCUT2D eigenvalue weighted by molar-refractivity contribution is 7.92. The van der Waals surface area contributed by atoms with Crippen LogP contribution in [0.15, 0.2) is 71.6 Å². The van der Waals surface area contributed by atoms with Crippen LogP contribution in [-0.2, 0) is 14.8 Å². The second-order valence-corrected chi connectivity index (χ2v) is 9.05. The maximum atomic E-state index is 13.0. The summed E-state index contributed by atoms with van der Waals surface area (Å²) in [4.78, 5) is 12.3. The van der Waals surface area contributed by atoms with Gasteiger partial charge in [0.2, 0.25) is 0 Å². The normalized spacial score (nSPS) is 12.1. The molecule has 0 spiro atoms. The van der Waals surface area contributed by atoms with Crippen LogP contribution >= 0.6 is 23.2 Å². The minimum Gasteiger partial charge on any atom is -0.481 e. The first-order valence-corrected chi connectivity index (χ1v) is 11.2. The van der Waals surface area contributed by atoms with E-state index in [9.17, 15) is 17.6 Å². The van der Waals surface area contributed by atoms with Crippen molar-refractivity contribution in [3.63, 3.8) is 0 Å². The number of hydrogen-bond donors (Lipinski definition) is 2. The molecule has 2 N–H and O–H groups in total. The Balaban J connectivity index is 1.64. The fourth-order valence-corrected chi connectivity index (χ4v) is 4.13. The molecule has 1 atom stereocenters. The summed E-state index contributed by atoms with van der Waals surface area (Å²) in [5.74, 6) is -0.517. The third kappa shape index (κ3) is 6.33. The van der Waals surface area contributed by atoms with Crippen molar-refractivity contribution < 1.29 is 22.3 Å². The van der Waals surface area contributed by atoms with Gasteiger partial charge in [-0.05, 0) is 73.7 Å². The van der Waals surface area contributed by atoms with Gasteiger partial charge in [-0.1, -0.05) is 23.2 Å². The van der Waals surface area contributed by atoms with Gasteiger partial charge in [0.15, 0.2) is 6.10 Å². The Kier molecular flexibility index (Phi) is 7.04. The maximum absolute atomic E-state index is 13.0. The number of anilines is 2. The van der Waals surface area contributed by atoms with Crippen LogP contribution in [0.25, 0.3) is 0 Å². The topological polar surface area (TPSA) is 84.5 Å². The molecule has 1 amide bonds. The molecule has 0 saturated carbocycles. The van der Waals surface area contributed by atoms with Gasteiger partial charge in [-0.25, -0.2) is 12.8 Å². The van der Waals surface area contributed by atoms with Gasteiger partial charge in [-0.2, -0.15) is 0 Å². The van der Waals surface area contributed by atoms with Crippen molar-refractivity contribution in [3.05, 3.63) is 82.6 Å². The number of carbonyl (C=O) groups is 1. The van der Waals surface area contributed by atoms with Crippen molar-refractivity contribution >= 4 is 50.5 Å². The molecule has 1 unspecified atom stereocenters. The number of halogens is 3. The molecule has 3 rings (SSSR count). The van der Waals surface area contributed by atoms with E-state index in [1.54, 1.807) is 0 Å². The molecule has 10 heteroatoms. The molecule has 0 fully saturated rings. The largest absolute Gasteiger partial charge is 0.481 e. The minimum absolute atomic E-state index is 0.0165. The van der Waals surface area contributed by atoms with Gasteiger partial charge in [-0.15, -0.1) is 0 Å². The molecule has 0 radical (unpaired) electrons. The van der Waals surface area contributed by atoms with Crippen molar-refractivity contribution in [2.75, 3.05) is 10.0 Å². The zero-order valence-corrected chi connectivity index (χ0v) is 18.4. The number of hydrogen-bond acceptors (Lipinski definition) is 4. The van der Waals surface area contributed by atoms with Crippen LogP contribution < -0.4 is 14.8 Å². The number of nitrogens with one attached hydrogen (secondary N) is 2. The van der Waals surface area contributed by atoms with E-state index in [1.165, 1.54) is 73.7 Å². The van der Waals surface area contributed by atoms with Crippen molar-refractivity contribution in [1.29, 1.82) is 0 Å². The van der Waals surface area contributed by atoms with Crippen LogP contribution in [0.3, 0.4) is 0 Å². The predicted octanol–water partition coefficient (Wildman–Crippen LogP) is 5.34. The van der Waals surface area contributed by atoms with E-state index >= 15 is 0 Å². The molecule has 0 aliphatic heterocycles. The Morgan fingerprint density at radius 2 is 1.52 bits per heavy atom. The number of carbonyl (C=O) groups excluding carboxylic acids is 1. The molecule has 0 aliphatic rings. The number of benzene rings is 3. The maximum Gasteiger partial charge on any atom is 0.265 e. The van der Waals surface area contributed by atoms with Crippen LogP contribution in [-0.4, -0.2) is 20.4 Å². The molecule has 0 aromatic heterocycles. The molecule has 31 heavy (non-hydrogen) atoms. The third-order valence-electron chi connectivity index (χ3n) is 4.04. The van der Waals surface area contributed by atoms with Crippen LogP contribution in [0.4, 0.5) is 15.8 Å². The zero-order valence-electron chi connectivity index (χ0n) is 16.1. The highest BCUT2D eigenvalue weighted by Crippen LogP contribution is 2.25. The van der Waals surface area contributed by atoms with Crippen LogP contribution in [0.2, 0.25) is 10.0 Å². The molecule has 6 nitrogen and oxygen atoms in total. The summed E-state index contributed by atoms with van der Waals surface area (Å²) in [5, 5.41) is 3.21. The minimum atomic E-state index is -3.89. The predicted molar refractivity (Wildman–Crippen MR) is 119 cm³/mol.